The fourth-order valence-electron chi connectivity index (χ4n) is 2.62. The Labute approximate surface area is 170 Å². The molecule has 0 bridgehead atoms. The summed E-state index contributed by atoms with van der Waals surface area (Å²) in [6, 6.07) is 9.56. The number of aromatic nitrogens is 3. The first kappa shape index (κ1) is 20.8. The van der Waals surface area contributed by atoms with Crippen molar-refractivity contribution in [2.24, 2.45) is 0 Å². The third kappa shape index (κ3) is 5.31. The Hall–Kier alpha value is -2.95. The molecule has 1 N–H and O–H groups in total. The molecule has 0 radical (unpaired) electrons. The number of benzene rings is 2. The number of carbonyl (C=O) groups excluding carboxylic acids is 1. The third-order valence-corrected chi connectivity index (χ3v) is 4.46. The molecule has 2 aromatic carbocycles. The highest BCUT2D eigenvalue weighted by atomic mass is 79.9. The van der Waals surface area contributed by atoms with Crippen LogP contribution in [-0.2, 0) is 11.3 Å². The zero-order chi connectivity index (χ0) is 21.2. The highest BCUT2D eigenvalue weighted by Crippen LogP contribution is 2.24. The van der Waals surface area contributed by atoms with Crippen LogP contribution in [0.1, 0.15) is 18.5 Å². The maximum Gasteiger partial charge on any atom is 0.573 e. The number of alkyl halides is 3. The van der Waals surface area contributed by atoms with E-state index >= 15 is 0 Å². The van der Waals surface area contributed by atoms with Gasteiger partial charge in [-0.15, -0.1) is 18.3 Å². The molecule has 152 valence electrons. The number of halogens is 4. The molecule has 0 spiro atoms. The summed E-state index contributed by atoms with van der Waals surface area (Å²) in [5, 5.41) is 10.7. The summed E-state index contributed by atoms with van der Waals surface area (Å²) < 4.78 is 42.1. The minimum Gasteiger partial charge on any atom is -0.406 e. The highest BCUT2D eigenvalue weighted by molar-refractivity contribution is 9.10. The van der Waals surface area contributed by atoms with Crippen molar-refractivity contribution in [3.63, 3.8) is 0 Å². The lowest BCUT2D eigenvalue weighted by Gasteiger charge is -2.15. The van der Waals surface area contributed by atoms with Gasteiger partial charge in [0.25, 0.3) is 5.56 Å². The van der Waals surface area contributed by atoms with Crippen molar-refractivity contribution >= 4 is 32.7 Å². The number of hydrogen-bond donors (Lipinski definition) is 1. The van der Waals surface area contributed by atoms with E-state index in [2.05, 4.69) is 36.3 Å². The molecule has 0 saturated heterocycles. The van der Waals surface area contributed by atoms with Gasteiger partial charge in [-0.2, -0.15) is 0 Å². The second-order valence-corrected chi connectivity index (χ2v) is 7.04. The summed E-state index contributed by atoms with van der Waals surface area (Å²) in [6.45, 7) is 1.30. The number of amides is 1. The predicted octanol–water partition coefficient (Wildman–Crippen LogP) is 3.33. The molecule has 29 heavy (non-hydrogen) atoms. The van der Waals surface area contributed by atoms with Gasteiger partial charge in [-0.3, -0.25) is 9.59 Å². The Balaban J connectivity index is 1.68. The number of nitrogens with one attached hydrogen (secondary N) is 1. The van der Waals surface area contributed by atoms with E-state index < -0.39 is 23.9 Å². The van der Waals surface area contributed by atoms with Crippen molar-refractivity contribution in [2.45, 2.75) is 25.9 Å². The molecule has 0 aliphatic carbocycles. The van der Waals surface area contributed by atoms with Crippen LogP contribution in [0.2, 0.25) is 0 Å². The van der Waals surface area contributed by atoms with Crippen LogP contribution < -0.4 is 15.6 Å². The van der Waals surface area contributed by atoms with E-state index in [0.29, 0.717) is 20.9 Å². The minimum absolute atomic E-state index is 0.315. The van der Waals surface area contributed by atoms with Gasteiger partial charge in [-0.05, 0) is 42.8 Å². The Kier molecular flexibility index (Phi) is 5.87. The van der Waals surface area contributed by atoms with E-state index in [-0.39, 0.29) is 12.3 Å². The Bertz CT molecular complexity index is 1100. The topological polar surface area (TPSA) is 86.1 Å². The number of hydrogen-bond acceptors (Lipinski definition) is 5. The second kappa shape index (κ2) is 8.19. The average Bonchev–Trinajstić information content (AvgIpc) is 2.63. The summed E-state index contributed by atoms with van der Waals surface area (Å²) in [5.41, 5.74) is 0.505. The van der Waals surface area contributed by atoms with Gasteiger partial charge in [0.15, 0.2) is 0 Å². The fraction of sp³-hybridized carbons (Fsp3) is 0.222. The van der Waals surface area contributed by atoms with Crippen LogP contribution in [0.4, 0.5) is 13.2 Å². The van der Waals surface area contributed by atoms with E-state index in [1.807, 2.05) is 0 Å². The lowest BCUT2D eigenvalue weighted by Crippen LogP contribution is -2.35. The molecule has 0 saturated carbocycles. The quantitative estimate of drug-likeness (QED) is 0.617. The van der Waals surface area contributed by atoms with Gasteiger partial charge in [-0.1, -0.05) is 33.3 Å². The van der Waals surface area contributed by atoms with E-state index in [1.54, 1.807) is 25.1 Å². The zero-order valence-corrected chi connectivity index (χ0v) is 16.5. The second-order valence-electron chi connectivity index (χ2n) is 6.12. The molecule has 0 unspecified atom stereocenters. The minimum atomic E-state index is -4.77. The smallest absolute Gasteiger partial charge is 0.406 e. The molecule has 11 heteroatoms. The molecule has 1 heterocycles. The molecule has 3 aromatic rings. The number of carbonyl (C=O) groups is 1. The van der Waals surface area contributed by atoms with E-state index in [4.69, 9.17) is 0 Å². The van der Waals surface area contributed by atoms with E-state index in [1.165, 1.54) is 12.1 Å². The van der Waals surface area contributed by atoms with Crippen molar-refractivity contribution < 1.29 is 22.7 Å². The summed E-state index contributed by atoms with van der Waals surface area (Å²) in [6.07, 6.45) is -4.77. The van der Waals surface area contributed by atoms with Gasteiger partial charge in [0.05, 0.1) is 11.4 Å². The lowest BCUT2D eigenvalue weighted by atomic mass is 10.1. The predicted molar refractivity (Wildman–Crippen MR) is 101 cm³/mol. The molecule has 0 aliphatic rings. The van der Waals surface area contributed by atoms with Gasteiger partial charge in [-0.25, -0.2) is 4.68 Å². The van der Waals surface area contributed by atoms with Crippen molar-refractivity contribution in [1.82, 2.24) is 20.3 Å². The van der Waals surface area contributed by atoms with Crippen molar-refractivity contribution in [3.05, 3.63) is 62.9 Å². The average molecular weight is 471 g/mol. The van der Waals surface area contributed by atoms with Gasteiger partial charge in [0.2, 0.25) is 5.91 Å². The maximum atomic E-state index is 12.5. The first-order valence-corrected chi connectivity index (χ1v) is 9.10. The van der Waals surface area contributed by atoms with Crippen molar-refractivity contribution in [1.29, 1.82) is 0 Å². The van der Waals surface area contributed by atoms with Crippen molar-refractivity contribution in [3.8, 4) is 5.75 Å². The van der Waals surface area contributed by atoms with Crippen LogP contribution >= 0.6 is 15.9 Å². The van der Waals surface area contributed by atoms with Crippen LogP contribution in [0.25, 0.3) is 10.9 Å². The summed E-state index contributed by atoms with van der Waals surface area (Å²) in [4.78, 5) is 24.8. The molecular weight excluding hydrogens is 457 g/mol. The van der Waals surface area contributed by atoms with Gasteiger partial charge >= 0.3 is 6.36 Å². The van der Waals surface area contributed by atoms with Gasteiger partial charge in [0.1, 0.15) is 17.8 Å². The molecule has 7 nitrogen and oxygen atoms in total. The third-order valence-electron chi connectivity index (χ3n) is 3.97. The van der Waals surface area contributed by atoms with E-state index in [0.717, 1.165) is 16.8 Å². The van der Waals surface area contributed by atoms with Crippen LogP contribution in [0.15, 0.2) is 51.7 Å². The van der Waals surface area contributed by atoms with Gasteiger partial charge in [0, 0.05) is 4.47 Å². The monoisotopic (exact) mass is 470 g/mol. The summed E-state index contributed by atoms with van der Waals surface area (Å²) >= 11 is 3.27. The largest absolute Gasteiger partial charge is 0.573 e. The van der Waals surface area contributed by atoms with Crippen molar-refractivity contribution in [2.75, 3.05) is 0 Å². The normalized spacial score (nSPS) is 12.6. The van der Waals surface area contributed by atoms with Crippen LogP contribution in [0.5, 0.6) is 5.75 Å². The van der Waals surface area contributed by atoms with Crippen LogP contribution in [-0.4, -0.2) is 27.3 Å². The number of nitrogens with zero attached hydrogens (tertiary/aromatic N) is 3. The number of fused-ring (bicyclic) bond motifs is 1. The Morgan fingerprint density at radius 3 is 2.59 bits per heavy atom. The first-order valence-electron chi connectivity index (χ1n) is 8.30. The SMILES string of the molecule is C[C@H](NC(=O)Cn1nnc2ccc(Br)cc2c1=O)c1ccc(OC(F)(F)F)cc1. The molecule has 1 aromatic heterocycles. The highest BCUT2D eigenvalue weighted by Gasteiger charge is 2.31. The van der Waals surface area contributed by atoms with Gasteiger partial charge < -0.3 is 10.1 Å². The maximum absolute atomic E-state index is 12.5. The fourth-order valence-corrected chi connectivity index (χ4v) is 2.98. The number of rotatable bonds is 5. The molecule has 3 rings (SSSR count). The summed E-state index contributed by atoms with van der Waals surface area (Å²) in [7, 11) is 0. The van der Waals surface area contributed by atoms with Crippen LogP contribution in [0.3, 0.4) is 0 Å². The molecular formula is C18H14BrF3N4O3. The Morgan fingerprint density at radius 2 is 1.93 bits per heavy atom. The number of ether oxygens (including phenoxy) is 1. The zero-order valence-electron chi connectivity index (χ0n) is 14.9. The molecule has 1 atom stereocenters. The summed E-state index contributed by atoms with van der Waals surface area (Å²) in [5.74, 6) is -0.859. The Morgan fingerprint density at radius 1 is 1.24 bits per heavy atom. The molecule has 1 amide bonds. The first-order chi connectivity index (χ1) is 13.6. The molecule has 0 aliphatic heterocycles. The van der Waals surface area contributed by atoms with E-state index in [9.17, 15) is 22.8 Å². The van der Waals surface area contributed by atoms with Crippen LogP contribution in [0, 0.1) is 0 Å². The standard InChI is InChI=1S/C18H14BrF3N4O3/c1-10(11-2-5-13(6-3-11)29-18(20,21)22)23-16(27)9-26-17(28)14-8-12(19)4-7-15(14)24-25-26/h2-8,10H,9H2,1H3,(H,23,27)/t10-/m0/s1. The molecule has 0 fully saturated rings. The lowest BCUT2D eigenvalue weighted by molar-refractivity contribution is -0.274.